The molecule has 0 spiro atoms. The maximum Gasteiger partial charge on any atom is 0.217 e. The molecule has 0 saturated heterocycles. The van der Waals surface area contributed by atoms with Crippen LogP contribution in [0.25, 0.3) is 0 Å². The standard InChI is InChI=1S/C14H13F3N2O/c1-20-14-9(3-2-4-19-14)7-18-8-10-5-12(16)13(17)6-11(10)15/h2-6,18H,7-8H2,1H3. The van der Waals surface area contributed by atoms with Crippen LogP contribution < -0.4 is 10.1 Å². The molecule has 0 unspecified atom stereocenters. The third-order valence-electron chi connectivity index (χ3n) is 2.76. The molecule has 0 amide bonds. The van der Waals surface area contributed by atoms with E-state index in [1.807, 2.05) is 0 Å². The van der Waals surface area contributed by atoms with E-state index in [0.717, 1.165) is 11.6 Å². The van der Waals surface area contributed by atoms with Crippen LogP contribution in [-0.2, 0) is 13.1 Å². The Morgan fingerprint density at radius 2 is 1.75 bits per heavy atom. The molecule has 1 aromatic carbocycles. The molecular weight excluding hydrogens is 269 g/mol. The molecule has 0 atom stereocenters. The SMILES string of the molecule is COc1ncccc1CNCc1cc(F)c(F)cc1F. The Labute approximate surface area is 114 Å². The van der Waals surface area contributed by atoms with Crippen molar-refractivity contribution in [3.05, 3.63) is 59.0 Å². The van der Waals surface area contributed by atoms with Crippen molar-refractivity contribution in [2.75, 3.05) is 7.11 Å². The van der Waals surface area contributed by atoms with Crippen LogP contribution in [-0.4, -0.2) is 12.1 Å². The molecule has 1 aromatic heterocycles. The second-order valence-electron chi connectivity index (χ2n) is 4.13. The van der Waals surface area contributed by atoms with E-state index in [9.17, 15) is 13.2 Å². The minimum absolute atomic E-state index is 0.0618. The van der Waals surface area contributed by atoms with E-state index in [2.05, 4.69) is 10.3 Å². The van der Waals surface area contributed by atoms with E-state index in [0.29, 0.717) is 18.5 Å². The van der Waals surface area contributed by atoms with Gasteiger partial charge in [0.2, 0.25) is 5.88 Å². The number of methoxy groups -OCH3 is 1. The average molecular weight is 282 g/mol. The molecule has 0 aliphatic carbocycles. The Kier molecular flexibility index (Phi) is 4.57. The van der Waals surface area contributed by atoms with E-state index in [1.165, 1.54) is 7.11 Å². The predicted molar refractivity (Wildman–Crippen MR) is 67.6 cm³/mol. The number of pyridine rings is 1. The third-order valence-corrected chi connectivity index (χ3v) is 2.76. The van der Waals surface area contributed by atoms with Crippen molar-refractivity contribution in [1.82, 2.24) is 10.3 Å². The fourth-order valence-electron chi connectivity index (χ4n) is 1.77. The molecule has 3 nitrogen and oxygen atoms in total. The molecule has 0 saturated carbocycles. The van der Waals surface area contributed by atoms with Crippen molar-refractivity contribution in [1.29, 1.82) is 0 Å². The van der Waals surface area contributed by atoms with Crippen molar-refractivity contribution in [2.45, 2.75) is 13.1 Å². The van der Waals surface area contributed by atoms with Crippen LogP contribution in [0.2, 0.25) is 0 Å². The molecule has 0 aliphatic rings. The summed E-state index contributed by atoms with van der Waals surface area (Å²) in [6, 6.07) is 4.94. The van der Waals surface area contributed by atoms with E-state index < -0.39 is 17.5 Å². The number of halogens is 3. The Morgan fingerprint density at radius 3 is 2.50 bits per heavy atom. The summed E-state index contributed by atoms with van der Waals surface area (Å²) in [7, 11) is 1.50. The van der Waals surface area contributed by atoms with Gasteiger partial charge in [0.1, 0.15) is 5.82 Å². The van der Waals surface area contributed by atoms with Gasteiger partial charge in [-0.3, -0.25) is 0 Å². The summed E-state index contributed by atoms with van der Waals surface area (Å²) in [5.74, 6) is -2.58. The van der Waals surface area contributed by atoms with Gasteiger partial charge < -0.3 is 10.1 Å². The monoisotopic (exact) mass is 282 g/mol. The van der Waals surface area contributed by atoms with Crippen molar-refractivity contribution >= 4 is 0 Å². The molecule has 20 heavy (non-hydrogen) atoms. The lowest BCUT2D eigenvalue weighted by Crippen LogP contribution is -2.15. The summed E-state index contributed by atoms with van der Waals surface area (Å²) < 4.78 is 44.3. The van der Waals surface area contributed by atoms with Gasteiger partial charge in [-0.25, -0.2) is 18.2 Å². The maximum absolute atomic E-state index is 13.4. The van der Waals surface area contributed by atoms with Gasteiger partial charge in [-0.2, -0.15) is 0 Å². The molecule has 1 heterocycles. The van der Waals surface area contributed by atoms with Crippen LogP contribution in [0.5, 0.6) is 5.88 Å². The summed E-state index contributed by atoms with van der Waals surface area (Å²) in [5, 5.41) is 2.93. The van der Waals surface area contributed by atoms with Gasteiger partial charge in [-0.15, -0.1) is 0 Å². The molecule has 0 aliphatic heterocycles. The second kappa shape index (κ2) is 6.38. The van der Waals surface area contributed by atoms with Gasteiger partial charge in [0, 0.05) is 36.5 Å². The first-order chi connectivity index (χ1) is 9.61. The van der Waals surface area contributed by atoms with Gasteiger partial charge in [0.25, 0.3) is 0 Å². The van der Waals surface area contributed by atoms with Gasteiger partial charge in [0.05, 0.1) is 7.11 Å². The lowest BCUT2D eigenvalue weighted by Gasteiger charge is -2.09. The van der Waals surface area contributed by atoms with Gasteiger partial charge in [-0.05, 0) is 12.1 Å². The first kappa shape index (κ1) is 14.3. The summed E-state index contributed by atoms with van der Waals surface area (Å²) >= 11 is 0. The van der Waals surface area contributed by atoms with E-state index in [1.54, 1.807) is 18.3 Å². The zero-order chi connectivity index (χ0) is 14.5. The van der Waals surface area contributed by atoms with Crippen molar-refractivity contribution in [3.63, 3.8) is 0 Å². The molecule has 2 aromatic rings. The zero-order valence-electron chi connectivity index (χ0n) is 10.8. The first-order valence-electron chi connectivity index (χ1n) is 5.94. The molecule has 0 bridgehead atoms. The Bertz CT molecular complexity index is 605. The number of nitrogens with zero attached hydrogens (tertiary/aromatic N) is 1. The van der Waals surface area contributed by atoms with E-state index in [4.69, 9.17) is 4.74 Å². The zero-order valence-corrected chi connectivity index (χ0v) is 10.8. The first-order valence-corrected chi connectivity index (χ1v) is 5.94. The summed E-state index contributed by atoms with van der Waals surface area (Å²) in [4.78, 5) is 4.02. The van der Waals surface area contributed by atoms with Crippen LogP contribution >= 0.6 is 0 Å². The highest BCUT2D eigenvalue weighted by molar-refractivity contribution is 5.25. The average Bonchev–Trinajstić information content (AvgIpc) is 2.45. The van der Waals surface area contributed by atoms with Crippen LogP contribution in [0.3, 0.4) is 0 Å². The van der Waals surface area contributed by atoms with Crippen LogP contribution in [0.1, 0.15) is 11.1 Å². The Hall–Kier alpha value is -2.08. The number of benzene rings is 1. The quantitative estimate of drug-likeness (QED) is 0.856. The summed E-state index contributed by atoms with van der Waals surface area (Å²) in [6.07, 6.45) is 1.59. The van der Waals surface area contributed by atoms with E-state index in [-0.39, 0.29) is 12.1 Å². The Balaban J connectivity index is 2.01. The third kappa shape index (κ3) is 3.27. The fourth-order valence-corrected chi connectivity index (χ4v) is 1.77. The predicted octanol–water partition coefficient (Wildman–Crippen LogP) is 2.80. The van der Waals surface area contributed by atoms with Gasteiger partial charge in [-0.1, -0.05) is 6.07 Å². The highest BCUT2D eigenvalue weighted by Gasteiger charge is 2.10. The minimum atomic E-state index is -1.19. The Morgan fingerprint density at radius 1 is 1.05 bits per heavy atom. The topological polar surface area (TPSA) is 34.1 Å². The number of rotatable bonds is 5. The molecular formula is C14H13F3N2O. The van der Waals surface area contributed by atoms with Gasteiger partial charge in [0.15, 0.2) is 11.6 Å². The number of nitrogens with one attached hydrogen (secondary N) is 1. The number of aromatic nitrogens is 1. The lowest BCUT2D eigenvalue weighted by atomic mass is 10.2. The summed E-state index contributed by atoms with van der Waals surface area (Å²) in [5.41, 5.74) is 0.852. The number of hydrogen-bond acceptors (Lipinski definition) is 3. The van der Waals surface area contributed by atoms with Crippen molar-refractivity contribution < 1.29 is 17.9 Å². The largest absolute Gasteiger partial charge is 0.481 e. The minimum Gasteiger partial charge on any atom is -0.481 e. The molecule has 6 heteroatoms. The smallest absolute Gasteiger partial charge is 0.217 e. The van der Waals surface area contributed by atoms with Crippen LogP contribution in [0.15, 0.2) is 30.5 Å². The van der Waals surface area contributed by atoms with Crippen molar-refractivity contribution in [2.24, 2.45) is 0 Å². The van der Waals surface area contributed by atoms with Crippen LogP contribution in [0, 0.1) is 17.5 Å². The molecule has 2 rings (SSSR count). The molecule has 106 valence electrons. The molecule has 0 fully saturated rings. The highest BCUT2D eigenvalue weighted by Crippen LogP contribution is 2.15. The maximum atomic E-state index is 13.4. The van der Waals surface area contributed by atoms with Crippen LogP contribution in [0.4, 0.5) is 13.2 Å². The second-order valence-corrected chi connectivity index (χ2v) is 4.13. The summed E-state index contributed by atoms with van der Waals surface area (Å²) in [6.45, 7) is 0.441. The number of hydrogen-bond donors (Lipinski definition) is 1. The molecule has 1 N–H and O–H groups in total. The molecule has 0 radical (unpaired) electrons. The van der Waals surface area contributed by atoms with Crippen molar-refractivity contribution in [3.8, 4) is 5.88 Å². The number of ether oxygens (including phenoxy) is 1. The normalized spacial score (nSPS) is 10.6. The van der Waals surface area contributed by atoms with E-state index >= 15 is 0 Å². The highest BCUT2D eigenvalue weighted by atomic mass is 19.2. The lowest BCUT2D eigenvalue weighted by molar-refractivity contribution is 0.390. The van der Waals surface area contributed by atoms with Gasteiger partial charge >= 0.3 is 0 Å². The fraction of sp³-hybridized carbons (Fsp3) is 0.214.